The second-order valence-electron chi connectivity index (χ2n) is 2.25. The fraction of sp³-hybridized carbons (Fsp3) is 1.00. The van der Waals surface area contributed by atoms with E-state index in [0.717, 1.165) is 0 Å². The Labute approximate surface area is 63.0 Å². The van der Waals surface area contributed by atoms with Gasteiger partial charge < -0.3 is 10.2 Å². The van der Waals surface area contributed by atoms with E-state index >= 15 is 0 Å². The summed E-state index contributed by atoms with van der Waals surface area (Å²) in [5.41, 5.74) is -0.282. The molecule has 0 aromatic rings. The zero-order valence-corrected chi connectivity index (χ0v) is 6.84. The highest BCUT2D eigenvalue weighted by Crippen LogP contribution is 2.34. The maximum atomic E-state index is 9.32. The Morgan fingerprint density at radius 1 is 1.67 bits per heavy atom. The molecule has 0 saturated carbocycles. The van der Waals surface area contributed by atoms with E-state index in [1.54, 1.807) is 6.92 Å². The van der Waals surface area contributed by atoms with Gasteiger partial charge in [0.1, 0.15) is 10.4 Å². The third-order valence-electron chi connectivity index (χ3n) is 1.08. The first-order valence-electron chi connectivity index (χ1n) is 2.76. The van der Waals surface area contributed by atoms with E-state index in [2.05, 4.69) is 0 Å². The molecule has 0 aromatic carbocycles. The summed E-state index contributed by atoms with van der Waals surface area (Å²) in [7, 11) is 0. The molecule has 1 rings (SSSR count). The van der Waals surface area contributed by atoms with Crippen molar-refractivity contribution >= 4 is 23.5 Å². The van der Waals surface area contributed by atoms with Crippen molar-refractivity contribution < 1.29 is 10.2 Å². The molecule has 1 saturated heterocycles. The molecule has 0 aromatic heterocycles. The van der Waals surface area contributed by atoms with Crippen molar-refractivity contribution in [2.45, 2.75) is 17.3 Å². The number of hydrogen-bond donors (Lipinski definition) is 2. The van der Waals surface area contributed by atoms with Crippen LogP contribution in [0.5, 0.6) is 0 Å². The van der Waals surface area contributed by atoms with E-state index in [4.69, 9.17) is 5.11 Å². The Bertz CT molecular complexity index is 95.1. The lowest BCUT2D eigenvalue weighted by molar-refractivity contribution is 0.178. The molecule has 9 heavy (non-hydrogen) atoms. The van der Waals surface area contributed by atoms with Crippen molar-refractivity contribution in [1.29, 1.82) is 0 Å². The molecule has 4 heteroatoms. The molecule has 2 unspecified atom stereocenters. The Morgan fingerprint density at radius 2 is 2.33 bits per heavy atom. The zero-order chi connectivity index (χ0) is 6.91. The molecule has 1 aliphatic rings. The van der Waals surface area contributed by atoms with E-state index in [1.165, 1.54) is 23.5 Å². The first-order valence-corrected chi connectivity index (χ1v) is 4.80. The monoisotopic (exact) mass is 166 g/mol. The fourth-order valence-electron chi connectivity index (χ4n) is 0.591. The van der Waals surface area contributed by atoms with E-state index in [1.807, 2.05) is 0 Å². The van der Waals surface area contributed by atoms with Crippen molar-refractivity contribution in [2.75, 3.05) is 11.5 Å². The maximum absolute atomic E-state index is 9.32. The van der Waals surface area contributed by atoms with Crippen LogP contribution in [-0.2, 0) is 0 Å². The van der Waals surface area contributed by atoms with Crippen LogP contribution >= 0.6 is 23.5 Å². The van der Waals surface area contributed by atoms with Crippen LogP contribution in [0.4, 0.5) is 0 Å². The Balaban J connectivity index is 2.35. The van der Waals surface area contributed by atoms with Gasteiger partial charge in [0.05, 0.1) is 0 Å². The second kappa shape index (κ2) is 2.70. The van der Waals surface area contributed by atoms with Gasteiger partial charge in [-0.1, -0.05) is 0 Å². The molecular weight excluding hydrogens is 156 g/mol. The summed E-state index contributed by atoms with van der Waals surface area (Å²) >= 11 is 2.82. The molecule has 0 radical (unpaired) electrons. The van der Waals surface area contributed by atoms with E-state index in [-0.39, 0.29) is 5.44 Å². The van der Waals surface area contributed by atoms with Crippen LogP contribution in [0.3, 0.4) is 0 Å². The summed E-state index contributed by atoms with van der Waals surface area (Å²) in [5, 5.41) is 18.3. The van der Waals surface area contributed by atoms with Gasteiger partial charge in [0.15, 0.2) is 0 Å². The maximum Gasteiger partial charge on any atom is 0.116 e. The van der Waals surface area contributed by atoms with E-state index in [9.17, 15) is 5.11 Å². The predicted octanol–water partition coefficient (Wildman–Crippen LogP) is 0.493. The summed E-state index contributed by atoms with van der Waals surface area (Å²) < 4.78 is 0. The summed E-state index contributed by atoms with van der Waals surface area (Å²) in [6.07, 6.45) is 0. The molecule has 2 N–H and O–H groups in total. The third kappa shape index (κ3) is 2.37. The predicted molar refractivity (Wildman–Crippen MR) is 41.5 cm³/mol. The third-order valence-corrected chi connectivity index (χ3v) is 4.00. The van der Waals surface area contributed by atoms with Crippen molar-refractivity contribution in [2.24, 2.45) is 0 Å². The molecular formula is C5H10O2S2. The molecule has 0 amide bonds. The van der Waals surface area contributed by atoms with Crippen LogP contribution < -0.4 is 0 Å². The van der Waals surface area contributed by atoms with Crippen LogP contribution in [0.15, 0.2) is 0 Å². The van der Waals surface area contributed by atoms with Gasteiger partial charge in [-0.25, -0.2) is 0 Å². The second-order valence-corrected chi connectivity index (χ2v) is 4.92. The van der Waals surface area contributed by atoms with Crippen LogP contribution in [0.1, 0.15) is 6.92 Å². The summed E-state index contributed by atoms with van der Waals surface area (Å²) in [5.74, 6) is 1.26. The topological polar surface area (TPSA) is 40.5 Å². The van der Waals surface area contributed by atoms with Gasteiger partial charge in [-0.05, 0) is 6.92 Å². The highest BCUT2D eigenvalue weighted by molar-refractivity contribution is 8.07. The van der Waals surface area contributed by atoms with Crippen LogP contribution in [-0.4, -0.2) is 32.1 Å². The minimum absolute atomic E-state index is 0.282. The highest BCUT2D eigenvalue weighted by atomic mass is 32.2. The van der Waals surface area contributed by atoms with Gasteiger partial charge >= 0.3 is 0 Å². The first kappa shape index (κ1) is 7.72. The standard InChI is InChI=1S/C5H10O2S2/c1-5(7)3-8-4(6)2-9-5/h4,6-7H,2-3H2,1H3. The highest BCUT2D eigenvalue weighted by Gasteiger charge is 2.28. The van der Waals surface area contributed by atoms with Gasteiger partial charge in [-0.2, -0.15) is 0 Å². The molecule has 54 valence electrons. The van der Waals surface area contributed by atoms with Crippen molar-refractivity contribution in [3.05, 3.63) is 0 Å². The average Bonchev–Trinajstić information content (AvgIpc) is 1.78. The van der Waals surface area contributed by atoms with Gasteiger partial charge in [0.2, 0.25) is 0 Å². The fourth-order valence-corrected chi connectivity index (χ4v) is 2.72. The molecule has 1 aliphatic heterocycles. The smallest absolute Gasteiger partial charge is 0.116 e. The summed E-state index contributed by atoms with van der Waals surface area (Å²) in [6.45, 7) is 1.77. The Hall–Kier alpha value is 0.620. The number of hydrogen-bond acceptors (Lipinski definition) is 4. The Morgan fingerprint density at radius 3 is 2.67 bits per heavy atom. The molecule has 0 bridgehead atoms. The number of thioether (sulfide) groups is 2. The summed E-state index contributed by atoms with van der Waals surface area (Å²) in [6, 6.07) is 0. The van der Waals surface area contributed by atoms with Gasteiger partial charge in [-0.3, -0.25) is 0 Å². The lowest BCUT2D eigenvalue weighted by Crippen LogP contribution is -2.31. The van der Waals surface area contributed by atoms with Crippen LogP contribution in [0.2, 0.25) is 0 Å². The van der Waals surface area contributed by atoms with Crippen molar-refractivity contribution in [1.82, 2.24) is 0 Å². The Kier molecular flexibility index (Phi) is 2.32. The SMILES string of the molecule is CC1(O)CSC(O)CS1. The zero-order valence-electron chi connectivity index (χ0n) is 5.20. The minimum atomic E-state index is -0.621. The lowest BCUT2D eigenvalue weighted by atomic mass is 10.5. The largest absolute Gasteiger partial charge is 0.382 e. The van der Waals surface area contributed by atoms with Gasteiger partial charge in [0, 0.05) is 11.5 Å². The minimum Gasteiger partial charge on any atom is -0.382 e. The quantitative estimate of drug-likeness (QED) is 0.549. The van der Waals surface area contributed by atoms with Gasteiger partial charge in [0.25, 0.3) is 0 Å². The average molecular weight is 166 g/mol. The van der Waals surface area contributed by atoms with Gasteiger partial charge in [-0.15, -0.1) is 23.5 Å². The molecule has 1 heterocycles. The van der Waals surface area contributed by atoms with Crippen molar-refractivity contribution in [3.8, 4) is 0 Å². The van der Waals surface area contributed by atoms with Crippen LogP contribution in [0.25, 0.3) is 0 Å². The molecule has 0 spiro atoms. The molecule has 1 fully saturated rings. The molecule has 2 nitrogen and oxygen atoms in total. The van der Waals surface area contributed by atoms with Crippen molar-refractivity contribution in [3.63, 3.8) is 0 Å². The number of rotatable bonds is 0. The molecule has 0 aliphatic carbocycles. The van der Waals surface area contributed by atoms with Crippen LogP contribution in [0, 0.1) is 0 Å². The number of aliphatic hydroxyl groups excluding tert-OH is 1. The van der Waals surface area contributed by atoms with E-state index < -0.39 is 4.93 Å². The molecule has 2 atom stereocenters. The lowest BCUT2D eigenvalue weighted by Gasteiger charge is -2.29. The summed E-state index contributed by atoms with van der Waals surface area (Å²) in [4.78, 5) is -0.621. The normalized spacial score (nSPS) is 45.0. The number of aliphatic hydroxyl groups is 2. The first-order chi connectivity index (χ1) is 4.10. The van der Waals surface area contributed by atoms with E-state index in [0.29, 0.717) is 11.5 Å².